The molecule has 0 aromatic heterocycles. The topological polar surface area (TPSA) is 53.0 Å². The number of hydrogen-bond donors (Lipinski definition) is 1. The summed E-state index contributed by atoms with van der Waals surface area (Å²) in [5, 5.41) is 10.2. The highest BCUT2D eigenvalue weighted by molar-refractivity contribution is 5.81. The Morgan fingerprint density at radius 1 is 1.13 bits per heavy atom. The van der Waals surface area contributed by atoms with Crippen molar-refractivity contribution in [1.29, 1.82) is 0 Å². The first kappa shape index (κ1) is 20.5. The summed E-state index contributed by atoms with van der Waals surface area (Å²) in [5.74, 6) is 0.130. The van der Waals surface area contributed by atoms with Gasteiger partial charge < -0.3 is 19.6 Å². The van der Waals surface area contributed by atoms with Crippen molar-refractivity contribution in [1.82, 2.24) is 4.90 Å². The van der Waals surface area contributed by atoms with Crippen molar-refractivity contribution in [2.45, 2.75) is 31.3 Å². The third-order valence-corrected chi connectivity index (χ3v) is 7.36. The maximum absolute atomic E-state index is 13.8. The van der Waals surface area contributed by atoms with Crippen molar-refractivity contribution < 1.29 is 19.0 Å². The number of rotatable bonds is 3. The van der Waals surface area contributed by atoms with Crippen LogP contribution in [-0.2, 0) is 9.53 Å². The summed E-state index contributed by atoms with van der Waals surface area (Å²) < 4.78 is 19.3. The Kier molecular flexibility index (Phi) is 5.44. The van der Waals surface area contributed by atoms with Gasteiger partial charge in [-0.25, -0.2) is 4.39 Å². The lowest BCUT2D eigenvalue weighted by molar-refractivity contribution is -0.140. The van der Waals surface area contributed by atoms with Crippen LogP contribution in [0, 0.1) is 17.7 Å². The van der Waals surface area contributed by atoms with Crippen LogP contribution in [-0.4, -0.2) is 55.4 Å². The van der Waals surface area contributed by atoms with Crippen molar-refractivity contribution in [3.05, 3.63) is 53.8 Å². The van der Waals surface area contributed by atoms with E-state index < -0.39 is 0 Å². The average molecular weight is 425 g/mol. The normalized spacial score (nSPS) is 26.0. The Morgan fingerprint density at radius 2 is 1.90 bits per heavy atom. The van der Waals surface area contributed by atoms with E-state index in [1.807, 2.05) is 30.1 Å². The average Bonchev–Trinajstić information content (AvgIpc) is 3.24. The number of aliphatic hydroxyl groups is 1. The Balaban J connectivity index is 1.56. The van der Waals surface area contributed by atoms with Crippen molar-refractivity contribution in [3.63, 3.8) is 0 Å². The number of anilines is 1. The first-order valence-corrected chi connectivity index (χ1v) is 11.2. The molecule has 0 radical (unpaired) electrons. The zero-order valence-electron chi connectivity index (χ0n) is 17.8. The first-order chi connectivity index (χ1) is 15.1. The Morgan fingerprint density at radius 3 is 2.65 bits per heavy atom. The molecule has 0 aliphatic carbocycles. The molecular formula is C25H29FN2O3. The Hall–Kier alpha value is -2.44. The molecule has 3 aliphatic rings. The van der Waals surface area contributed by atoms with Gasteiger partial charge >= 0.3 is 0 Å². The fraction of sp³-hybridized carbons (Fsp3) is 0.480. The predicted molar refractivity (Wildman–Crippen MR) is 117 cm³/mol. The summed E-state index contributed by atoms with van der Waals surface area (Å²) >= 11 is 0. The second-order valence-electron chi connectivity index (χ2n) is 8.96. The number of carbonyl (C=O) groups is 1. The molecule has 3 atom stereocenters. The molecule has 3 aliphatic heterocycles. The third kappa shape index (κ3) is 3.52. The molecule has 0 unspecified atom stereocenters. The highest BCUT2D eigenvalue weighted by Crippen LogP contribution is 2.50. The van der Waals surface area contributed by atoms with Gasteiger partial charge in [-0.1, -0.05) is 18.2 Å². The number of aliphatic hydroxyl groups excluding tert-OH is 1. The quantitative estimate of drug-likeness (QED) is 0.818. The van der Waals surface area contributed by atoms with Gasteiger partial charge in [0.25, 0.3) is 0 Å². The van der Waals surface area contributed by atoms with E-state index in [2.05, 4.69) is 11.0 Å². The van der Waals surface area contributed by atoms with E-state index in [1.54, 1.807) is 12.1 Å². The van der Waals surface area contributed by atoms with Crippen LogP contribution in [0.1, 0.15) is 30.9 Å². The van der Waals surface area contributed by atoms with Crippen LogP contribution in [0.3, 0.4) is 0 Å². The SMILES string of the molecule is CN1c2ccc(-c3cccc(F)c3)cc2[C@H]2[C@H](CCN2C(=O)C2CCOCC2)[C@@H]1CO. The first-order valence-electron chi connectivity index (χ1n) is 11.2. The minimum absolute atomic E-state index is 0.00887. The second-order valence-corrected chi connectivity index (χ2v) is 8.96. The maximum Gasteiger partial charge on any atom is 0.226 e. The highest BCUT2D eigenvalue weighted by atomic mass is 19.1. The molecule has 0 saturated carbocycles. The van der Waals surface area contributed by atoms with Gasteiger partial charge in [-0.2, -0.15) is 0 Å². The molecular weight excluding hydrogens is 395 g/mol. The van der Waals surface area contributed by atoms with Gasteiger partial charge in [0, 0.05) is 44.3 Å². The van der Waals surface area contributed by atoms with Gasteiger partial charge in [0.05, 0.1) is 18.7 Å². The molecule has 2 saturated heterocycles. The molecule has 2 aromatic carbocycles. The van der Waals surface area contributed by atoms with Crippen LogP contribution >= 0.6 is 0 Å². The molecule has 0 bridgehead atoms. The van der Waals surface area contributed by atoms with Crippen molar-refractivity contribution in [2.75, 3.05) is 38.3 Å². The van der Waals surface area contributed by atoms with E-state index in [-0.39, 0.29) is 42.3 Å². The summed E-state index contributed by atoms with van der Waals surface area (Å²) in [6.45, 7) is 2.04. The molecule has 31 heavy (non-hydrogen) atoms. The molecule has 5 rings (SSSR count). The monoisotopic (exact) mass is 424 g/mol. The van der Waals surface area contributed by atoms with Gasteiger partial charge in [0.1, 0.15) is 5.82 Å². The van der Waals surface area contributed by atoms with Gasteiger partial charge in [-0.3, -0.25) is 4.79 Å². The number of likely N-dealkylation sites (tertiary alicyclic amines) is 1. The van der Waals surface area contributed by atoms with Crippen LogP contribution in [0.2, 0.25) is 0 Å². The summed E-state index contributed by atoms with van der Waals surface area (Å²) in [7, 11) is 2.01. The third-order valence-electron chi connectivity index (χ3n) is 7.36. The van der Waals surface area contributed by atoms with E-state index in [0.717, 1.165) is 41.6 Å². The van der Waals surface area contributed by atoms with E-state index in [9.17, 15) is 14.3 Å². The molecule has 3 heterocycles. The van der Waals surface area contributed by atoms with Crippen LogP contribution in [0.5, 0.6) is 0 Å². The number of fused-ring (bicyclic) bond motifs is 3. The largest absolute Gasteiger partial charge is 0.394 e. The number of likely N-dealkylation sites (N-methyl/N-ethyl adjacent to an activating group) is 1. The molecule has 1 N–H and O–H groups in total. The number of benzene rings is 2. The van der Waals surface area contributed by atoms with E-state index in [1.165, 1.54) is 6.07 Å². The summed E-state index contributed by atoms with van der Waals surface area (Å²) in [4.78, 5) is 17.7. The summed E-state index contributed by atoms with van der Waals surface area (Å²) in [6.07, 6.45) is 2.41. The molecule has 6 heteroatoms. The van der Waals surface area contributed by atoms with Gasteiger partial charge in [0.2, 0.25) is 5.91 Å². The van der Waals surface area contributed by atoms with Crippen molar-refractivity contribution >= 4 is 11.6 Å². The Labute approximate surface area is 182 Å². The highest BCUT2D eigenvalue weighted by Gasteiger charge is 2.48. The van der Waals surface area contributed by atoms with Crippen molar-refractivity contribution in [2.24, 2.45) is 11.8 Å². The number of amides is 1. The van der Waals surface area contributed by atoms with E-state index in [0.29, 0.717) is 19.8 Å². The van der Waals surface area contributed by atoms with Gasteiger partial charge in [-0.05, 0) is 60.2 Å². The fourth-order valence-corrected chi connectivity index (χ4v) is 5.73. The second kappa shape index (κ2) is 8.24. The van der Waals surface area contributed by atoms with Gasteiger partial charge in [0.15, 0.2) is 0 Å². The molecule has 5 nitrogen and oxygen atoms in total. The molecule has 1 amide bonds. The maximum atomic E-state index is 13.8. The lowest BCUT2D eigenvalue weighted by Crippen LogP contribution is -2.49. The summed E-state index contributed by atoms with van der Waals surface area (Å²) in [5.41, 5.74) is 3.90. The predicted octanol–water partition coefficient (Wildman–Crippen LogP) is 3.62. The zero-order chi connectivity index (χ0) is 21.5. The Bertz CT molecular complexity index is 975. The summed E-state index contributed by atoms with van der Waals surface area (Å²) in [6, 6.07) is 12.7. The fourth-order valence-electron chi connectivity index (χ4n) is 5.73. The number of nitrogens with zero attached hydrogens (tertiary/aromatic N) is 2. The number of ether oxygens (including phenoxy) is 1. The number of halogens is 1. The minimum Gasteiger partial charge on any atom is -0.394 e. The zero-order valence-corrected chi connectivity index (χ0v) is 17.8. The lowest BCUT2D eigenvalue weighted by atomic mass is 9.80. The molecule has 2 fully saturated rings. The van der Waals surface area contributed by atoms with Crippen molar-refractivity contribution in [3.8, 4) is 11.1 Å². The number of carbonyl (C=O) groups excluding carboxylic acids is 1. The van der Waals surface area contributed by atoms with Crippen LogP contribution in [0.25, 0.3) is 11.1 Å². The smallest absolute Gasteiger partial charge is 0.226 e. The standard InChI is InChI=1S/C25H29FN2O3/c1-27-22-6-5-18(17-3-2-4-19(26)13-17)14-21(22)24-20(23(27)15-29)7-10-28(24)25(30)16-8-11-31-12-9-16/h2-6,13-14,16,20,23-24,29H,7-12,15H2,1H3/t20-,23+,24-/m1/s1. The van der Waals surface area contributed by atoms with E-state index in [4.69, 9.17) is 4.74 Å². The molecule has 164 valence electrons. The molecule has 2 aromatic rings. The van der Waals surface area contributed by atoms with Gasteiger partial charge in [-0.15, -0.1) is 0 Å². The number of hydrogen-bond acceptors (Lipinski definition) is 4. The lowest BCUT2D eigenvalue weighted by Gasteiger charge is -2.45. The van der Waals surface area contributed by atoms with E-state index >= 15 is 0 Å². The van der Waals surface area contributed by atoms with Crippen LogP contribution in [0.15, 0.2) is 42.5 Å². The minimum atomic E-state index is -0.261. The molecule has 0 spiro atoms. The van der Waals surface area contributed by atoms with Crippen LogP contribution < -0.4 is 4.90 Å². The van der Waals surface area contributed by atoms with Crippen LogP contribution in [0.4, 0.5) is 10.1 Å².